The van der Waals surface area contributed by atoms with E-state index in [0.29, 0.717) is 13.0 Å². The number of hydrogen-bond acceptors (Lipinski definition) is 5. The predicted octanol–water partition coefficient (Wildman–Crippen LogP) is 1.77. The summed E-state index contributed by atoms with van der Waals surface area (Å²) in [4.78, 5) is 41.3. The largest absolute Gasteiger partial charge is 0.334 e. The molecule has 2 aliphatic heterocycles. The van der Waals surface area contributed by atoms with Crippen LogP contribution in [0.25, 0.3) is 0 Å². The Kier molecular flexibility index (Phi) is 5.95. The van der Waals surface area contributed by atoms with Crippen LogP contribution in [-0.2, 0) is 30.8 Å². The van der Waals surface area contributed by atoms with Gasteiger partial charge in [-0.15, -0.1) is 0 Å². The Hall–Kier alpha value is -2.22. The van der Waals surface area contributed by atoms with Crippen LogP contribution in [0.1, 0.15) is 44.1 Å². The number of carbonyl (C=O) groups excluding carboxylic acids is 3. The lowest BCUT2D eigenvalue weighted by Crippen LogP contribution is -2.42. The molecule has 0 unspecified atom stereocenters. The summed E-state index contributed by atoms with van der Waals surface area (Å²) in [6.07, 6.45) is 3.88. The van der Waals surface area contributed by atoms with Gasteiger partial charge in [0.25, 0.3) is 0 Å². The fourth-order valence-electron chi connectivity index (χ4n) is 5.02. The van der Waals surface area contributed by atoms with Gasteiger partial charge >= 0.3 is 0 Å². The average molecular weight is 433 g/mol. The standard InChI is InChI=1S/C22H28N2O5S/c25-20(10-12-23-21(26)18-8-4-5-9-19(18)22(23)27)24(14-16-6-2-1-3-7-16)17-11-13-30(28,29)15-17/h1-3,6-7,17-19H,4-5,8-15H2/t17-,18-,19+/m1/s1. The minimum absolute atomic E-state index is 0.0281. The van der Waals surface area contributed by atoms with Crippen molar-refractivity contribution in [2.24, 2.45) is 11.8 Å². The van der Waals surface area contributed by atoms with Gasteiger partial charge in [0.15, 0.2) is 9.84 Å². The van der Waals surface area contributed by atoms with Gasteiger partial charge in [-0.2, -0.15) is 0 Å². The summed E-state index contributed by atoms with van der Waals surface area (Å²) in [5, 5.41) is 0. The quantitative estimate of drug-likeness (QED) is 0.639. The zero-order valence-corrected chi connectivity index (χ0v) is 17.9. The molecular formula is C22H28N2O5S. The first-order valence-electron chi connectivity index (χ1n) is 10.7. The van der Waals surface area contributed by atoms with E-state index in [0.717, 1.165) is 31.2 Å². The van der Waals surface area contributed by atoms with Gasteiger partial charge in [-0.25, -0.2) is 8.42 Å². The Morgan fingerprint density at radius 2 is 1.63 bits per heavy atom. The van der Waals surface area contributed by atoms with Crippen LogP contribution < -0.4 is 0 Å². The number of amides is 3. The molecule has 2 saturated heterocycles. The molecular weight excluding hydrogens is 404 g/mol. The number of imide groups is 1. The topological polar surface area (TPSA) is 91.8 Å². The van der Waals surface area contributed by atoms with Crippen LogP contribution in [0.3, 0.4) is 0 Å². The fourth-order valence-corrected chi connectivity index (χ4v) is 6.76. The normalized spacial score (nSPS) is 27.9. The van der Waals surface area contributed by atoms with Crippen LogP contribution in [0.15, 0.2) is 30.3 Å². The van der Waals surface area contributed by atoms with E-state index >= 15 is 0 Å². The van der Waals surface area contributed by atoms with Crippen LogP contribution in [0.5, 0.6) is 0 Å². The van der Waals surface area contributed by atoms with Crippen molar-refractivity contribution < 1.29 is 22.8 Å². The summed E-state index contributed by atoms with van der Waals surface area (Å²) in [5.41, 5.74) is 0.925. The number of hydrogen-bond donors (Lipinski definition) is 0. The molecule has 0 spiro atoms. The van der Waals surface area contributed by atoms with E-state index in [9.17, 15) is 22.8 Å². The minimum Gasteiger partial charge on any atom is -0.334 e. The molecule has 30 heavy (non-hydrogen) atoms. The highest BCUT2D eigenvalue weighted by atomic mass is 32.2. The van der Waals surface area contributed by atoms with Gasteiger partial charge in [0.2, 0.25) is 17.7 Å². The zero-order valence-electron chi connectivity index (χ0n) is 17.0. The summed E-state index contributed by atoms with van der Waals surface area (Å²) in [7, 11) is -3.14. The molecule has 0 bridgehead atoms. The lowest BCUT2D eigenvalue weighted by atomic mass is 9.81. The maximum atomic E-state index is 13.1. The van der Waals surface area contributed by atoms with Crippen molar-refractivity contribution in [3.63, 3.8) is 0 Å². The number of sulfone groups is 1. The zero-order chi connectivity index (χ0) is 21.3. The molecule has 3 aliphatic rings. The number of fused-ring (bicyclic) bond motifs is 1. The third-order valence-corrected chi connectivity index (χ3v) is 8.40. The van der Waals surface area contributed by atoms with Crippen molar-refractivity contribution in [2.75, 3.05) is 18.1 Å². The van der Waals surface area contributed by atoms with Crippen LogP contribution in [0.4, 0.5) is 0 Å². The van der Waals surface area contributed by atoms with E-state index in [-0.39, 0.29) is 60.1 Å². The molecule has 8 heteroatoms. The van der Waals surface area contributed by atoms with Gasteiger partial charge in [0, 0.05) is 25.6 Å². The molecule has 7 nitrogen and oxygen atoms in total. The molecule has 162 valence electrons. The molecule has 1 aromatic rings. The smallest absolute Gasteiger partial charge is 0.233 e. The van der Waals surface area contributed by atoms with E-state index < -0.39 is 9.84 Å². The molecule has 0 aromatic heterocycles. The van der Waals surface area contributed by atoms with E-state index in [1.165, 1.54) is 4.90 Å². The van der Waals surface area contributed by atoms with Crippen molar-refractivity contribution in [1.82, 2.24) is 9.80 Å². The van der Waals surface area contributed by atoms with Crippen molar-refractivity contribution in [1.29, 1.82) is 0 Å². The van der Waals surface area contributed by atoms with Gasteiger partial charge in [-0.3, -0.25) is 19.3 Å². The van der Waals surface area contributed by atoms with Crippen molar-refractivity contribution >= 4 is 27.6 Å². The first-order valence-corrected chi connectivity index (χ1v) is 12.6. The summed E-state index contributed by atoms with van der Waals surface area (Å²) in [5.74, 6) is -0.883. The number of carbonyl (C=O) groups is 3. The SMILES string of the molecule is O=C1[C@H]2CCCC[C@H]2C(=O)N1CCC(=O)N(Cc1ccccc1)[C@@H]1CCS(=O)(=O)C1. The summed E-state index contributed by atoms with van der Waals surface area (Å²) in [6, 6.07) is 9.10. The Morgan fingerprint density at radius 3 is 2.20 bits per heavy atom. The highest BCUT2D eigenvalue weighted by Crippen LogP contribution is 2.38. The fraction of sp³-hybridized carbons (Fsp3) is 0.591. The average Bonchev–Trinajstić information content (AvgIpc) is 3.22. The van der Waals surface area contributed by atoms with E-state index in [2.05, 4.69) is 0 Å². The second-order valence-electron chi connectivity index (χ2n) is 8.64. The van der Waals surface area contributed by atoms with E-state index in [1.54, 1.807) is 4.90 Å². The van der Waals surface area contributed by atoms with Gasteiger partial charge in [0.1, 0.15) is 0 Å². The highest BCUT2D eigenvalue weighted by Gasteiger charge is 2.48. The third-order valence-electron chi connectivity index (χ3n) is 6.65. The van der Waals surface area contributed by atoms with E-state index in [4.69, 9.17) is 0 Å². The summed E-state index contributed by atoms with van der Waals surface area (Å²) in [6.45, 7) is 0.404. The van der Waals surface area contributed by atoms with Crippen molar-refractivity contribution in [2.45, 2.75) is 51.1 Å². The molecule has 1 aromatic carbocycles. The Balaban J connectivity index is 1.45. The Bertz CT molecular complexity index is 906. The Labute approximate surface area is 177 Å². The van der Waals surface area contributed by atoms with Crippen LogP contribution >= 0.6 is 0 Å². The molecule has 4 rings (SSSR count). The molecule has 0 radical (unpaired) electrons. The Morgan fingerprint density at radius 1 is 1.00 bits per heavy atom. The first-order chi connectivity index (χ1) is 14.4. The molecule has 3 atom stereocenters. The predicted molar refractivity (Wildman–Crippen MR) is 111 cm³/mol. The summed E-state index contributed by atoms with van der Waals surface area (Å²) < 4.78 is 24.0. The van der Waals surface area contributed by atoms with Crippen LogP contribution in [0.2, 0.25) is 0 Å². The van der Waals surface area contributed by atoms with Crippen LogP contribution in [-0.4, -0.2) is 60.0 Å². The second-order valence-corrected chi connectivity index (χ2v) is 10.9. The highest BCUT2D eigenvalue weighted by molar-refractivity contribution is 7.91. The lowest BCUT2D eigenvalue weighted by Gasteiger charge is -2.29. The molecule has 3 amide bonds. The minimum atomic E-state index is -3.14. The molecule has 1 aliphatic carbocycles. The van der Waals surface area contributed by atoms with Crippen molar-refractivity contribution in [3.05, 3.63) is 35.9 Å². The molecule has 3 fully saturated rings. The lowest BCUT2D eigenvalue weighted by molar-refractivity contribution is -0.141. The third kappa shape index (κ3) is 4.29. The second kappa shape index (κ2) is 8.49. The number of benzene rings is 1. The van der Waals surface area contributed by atoms with Gasteiger partial charge in [0.05, 0.1) is 23.3 Å². The van der Waals surface area contributed by atoms with Gasteiger partial charge in [-0.05, 0) is 24.8 Å². The maximum absolute atomic E-state index is 13.1. The monoisotopic (exact) mass is 432 g/mol. The van der Waals surface area contributed by atoms with Gasteiger partial charge in [-0.1, -0.05) is 43.2 Å². The van der Waals surface area contributed by atoms with E-state index in [1.807, 2.05) is 30.3 Å². The summed E-state index contributed by atoms with van der Waals surface area (Å²) >= 11 is 0. The van der Waals surface area contributed by atoms with Crippen LogP contribution in [0, 0.1) is 11.8 Å². The first kappa shape index (κ1) is 21.0. The van der Waals surface area contributed by atoms with Gasteiger partial charge < -0.3 is 4.90 Å². The molecule has 0 N–H and O–H groups in total. The number of rotatable bonds is 6. The number of likely N-dealkylation sites (tertiary alicyclic amines) is 1. The number of nitrogens with zero attached hydrogens (tertiary/aromatic N) is 2. The maximum Gasteiger partial charge on any atom is 0.233 e. The molecule has 2 heterocycles. The van der Waals surface area contributed by atoms with Crippen molar-refractivity contribution in [3.8, 4) is 0 Å². The molecule has 1 saturated carbocycles.